The molecule has 2 aromatic carbocycles. The molecular weight excluding hydrogens is 304 g/mol. The minimum atomic E-state index is -0.0895. The van der Waals surface area contributed by atoms with E-state index < -0.39 is 0 Å². The molecule has 1 aromatic heterocycles. The van der Waals surface area contributed by atoms with Gasteiger partial charge in [0.1, 0.15) is 11.5 Å². The fourth-order valence-electron chi connectivity index (χ4n) is 2.68. The van der Waals surface area contributed by atoms with Gasteiger partial charge in [0, 0.05) is 23.8 Å². The van der Waals surface area contributed by atoms with Gasteiger partial charge in [-0.05, 0) is 53.8 Å². The average molecular weight is 324 g/mol. The van der Waals surface area contributed by atoms with Crippen molar-refractivity contribution >= 4 is 16.8 Å². The van der Waals surface area contributed by atoms with Crippen LogP contribution in [0.15, 0.2) is 48.7 Å². The Kier molecular flexibility index (Phi) is 4.70. The Labute approximate surface area is 140 Å². The Hall–Kier alpha value is -2.95. The lowest BCUT2D eigenvalue weighted by molar-refractivity contribution is 0.0954. The first-order chi connectivity index (χ1) is 11.7. The number of nitrogens with one attached hydrogen (secondary N) is 2. The minimum absolute atomic E-state index is 0.0895. The first-order valence-electron chi connectivity index (χ1n) is 7.77. The highest BCUT2D eigenvalue weighted by atomic mass is 16.5. The van der Waals surface area contributed by atoms with Crippen LogP contribution in [-0.2, 0) is 6.42 Å². The van der Waals surface area contributed by atoms with Crippen molar-refractivity contribution in [2.45, 2.75) is 6.42 Å². The topological polar surface area (TPSA) is 63.4 Å². The van der Waals surface area contributed by atoms with Gasteiger partial charge in [-0.3, -0.25) is 4.79 Å². The number of hydrogen-bond donors (Lipinski definition) is 2. The van der Waals surface area contributed by atoms with Gasteiger partial charge in [0.15, 0.2) is 0 Å². The maximum absolute atomic E-state index is 12.3. The SMILES string of the molecule is COc1ccc(OC)c(CCNC(=O)c2ccc3cc[nH]c3c2)c1. The summed E-state index contributed by atoms with van der Waals surface area (Å²) in [6.45, 7) is 0.519. The van der Waals surface area contributed by atoms with E-state index in [4.69, 9.17) is 9.47 Å². The number of rotatable bonds is 6. The highest BCUT2D eigenvalue weighted by molar-refractivity contribution is 5.97. The van der Waals surface area contributed by atoms with Gasteiger partial charge in [-0.15, -0.1) is 0 Å². The zero-order chi connectivity index (χ0) is 16.9. The summed E-state index contributed by atoms with van der Waals surface area (Å²) >= 11 is 0. The van der Waals surface area contributed by atoms with Crippen LogP contribution in [0.2, 0.25) is 0 Å². The van der Waals surface area contributed by atoms with Crippen LogP contribution >= 0.6 is 0 Å². The smallest absolute Gasteiger partial charge is 0.251 e. The van der Waals surface area contributed by atoms with Crippen molar-refractivity contribution in [3.63, 3.8) is 0 Å². The van der Waals surface area contributed by atoms with Crippen molar-refractivity contribution in [1.82, 2.24) is 10.3 Å². The van der Waals surface area contributed by atoms with Crippen LogP contribution in [0.3, 0.4) is 0 Å². The largest absolute Gasteiger partial charge is 0.497 e. The zero-order valence-electron chi connectivity index (χ0n) is 13.8. The molecule has 0 fully saturated rings. The van der Waals surface area contributed by atoms with Crippen LogP contribution in [0.25, 0.3) is 10.9 Å². The van der Waals surface area contributed by atoms with Gasteiger partial charge in [0.2, 0.25) is 0 Å². The molecule has 124 valence electrons. The number of amides is 1. The minimum Gasteiger partial charge on any atom is -0.497 e. The standard InChI is InChI=1S/C19H20N2O3/c1-23-16-5-6-18(24-2)14(11-16)8-10-21-19(22)15-4-3-13-7-9-20-17(13)12-15/h3-7,9,11-12,20H,8,10H2,1-2H3,(H,21,22). The summed E-state index contributed by atoms with van der Waals surface area (Å²) in [5, 5.41) is 4.03. The summed E-state index contributed by atoms with van der Waals surface area (Å²) in [5.74, 6) is 1.47. The molecule has 0 saturated heterocycles. The molecule has 3 aromatic rings. The lowest BCUT2D eigenvalue weighted by Gasteiger charge is -2.11. The molecule has 1 heterocycles. The van der Waals surface area contributed by atoms with Gasteiger partial charge in [-0.25, -0.2) is 0 Å². The second-order valence-electron chi connectivity index (χ2n) is 5.46. The number of hydrogen-bond acceptors (Lipinski definition) is 3. The van der Waals surface area contributed by atoms with Crippen molar-refractivity contribution in [3.05, 3.63) is 59.8 Å². The molecule has 0 spiro atoms. The van der Waals surface area contributed by atoms with Crippen molar-refractivity contribution in [1.29, 1.82) is 0 Å². The Morgan fingerprint density at radius 2 is 1.96 bits per heavy atom. The van der Waals surface area contributed by atoms with E-state index >= 15 is 0 Å². The van der Waals surface area contributed by atoms with Gasteiger partial charge < -0.3 is 19.8 Å². The molecule has 5 nitrogen and oxygen atoms in total. The maximum Gasteiger partial charge on any atom is 0.251 e. The van der Waals surface area contributed by atoms with E-state index in [9.17, 15) is 4.79 Å². The fourth-order valence-corrected chi connectivity index (χ4v) is 2.68. The van der Waals surface area contributed by atoms with E-state index in [1.165, 1.54) is 0 Å². The number of ether oxygens (including phenoxy) is 2. The number of aromatic nitrogens is 1. The molecule has 24 heavy (non-hydrogen) atoms. The molecule has 3 rings (SSSR count). The van der Waals surface area contributed by atoms with Gasteiger partial charge in [-0.2, -0.15) is 0 Å². The number of aromatic amines is 1. The van der Waals surface area contributed by atoms with Crippen LogP contribution in [0, 0.1) is 0 Å². The van der Waals surface area contributed by atoms with E-state index in [0.717, 1.165) is 28.0 Å². The van der Waals surface area contributed by atoms with Crippen molar-refractivity contribution in [3.8, 4) is 11.5 Å². The number of H-pyrrole nitrogens is 1. The second kappa shape index (κ2) is 7.08. The molecule has 0 saturated carbocycles. The monoisotopic (exact) mass is 324 g/mol. The predicted octanol–water partition coefficient (Wildman–Crippen LogP) is 3.16. The van der Waals surface area contributed by atoms with Crippen LogP contribution in [0.5, 0.6) is 11.5 Å². The average Bonchev–Trinajstić information content (AvgIpc) is 3.09. The molecule has 0 radical (unpaired) electrons. The number of carbonyl (C=O) groups is 1. The van der Waals surface area contributed by atoms with Crippen LogP contribution in [0.4, 0.5) is 0 Å². The molecule has 2 N–H and O–H groups in total. The highest BCUT2D eigenvalue weighted by Crippen LogP contribution is 2.24. The fraction of sp³-hybridized carbons (Fsp3) is 0.211. The first-order valence-corrected chi connectivity index (χ1v) is 7.77. The molecular formula is C19H20N2O3. The zero-order valence-corrected chi connectivity index (χ0v) is 13.8. The molecule has 0 aliphatic heterocycles. The molecule has 0 aliphatic carbocycles. The highest BCUT2D eigenvalue weighted by Gasteiger charge is 2.09. The Morgan fingerprint density at radius 3 is 2.75 bits per heavy atom. The molecule has 0 bridgehead atoms. The van der Waals surface area contributed by atoms with Crippen molar-refractivity contribution < 1.29 is 14.3 Å². The van der Waals surface area contributed by atoms with Gasteiger partial charge >= 0.3 is 0 Å². The van der Waals surface area contributed by atoms with Gasteiger partial charge in [0.25, 0.3) is 5.91 Å². The normalized spacial score (nSPS) is 10.6. The number of benzene rings is 2. The van der Waals surface area contributed by atoms with E-state index in [2.05, 4.69) is 10.3 Å². The third-order valence-electron chi connectivity index (χ3n) is 3.98. The predicted molar refractivity (Wildman–Crippen MR) is 93.9 cm³/mol. The third-order valence-corrected chi connectivity index (χ3v) is 3.98. The van der Waals surface area contributed by atoms with Crippen molar-refractivity contribution in [2.24, 2.45) is 0 Å². The summed E-state index contributed by atoms with van der Waals surface area (Å²) in [4.78, 5) is 15.4. The third kappa shape index (κ3) is 3.35. The molecule has 0 unspecified atom stereocenters. The van der Waals surface area contributed by atoms with E-state index in [-0.39, 0.29) is 5.91 Å². The second-order valence-corrected chi connectivity index (χ2v) is 5.46. The number of fused-ring (bicyclic) bond motifs is 1. The molecule has 0 aliphatic rings. The Balaban J connectivity index is 1.64. The van der Waals surface area contributed by atoms with E-state index in [1.807, 2.05) is 48.7 Å². The van der Waals surface area contributed by atoms with Crippen molar-refractivity contribution in [2.75, 3.05) is 20.8 Å². The van der Waals surface area contributed by atoms with Gasteiger partial charge in [-0.1, -0.05) is 6.07 Å². The summed E-state index contributed by atoms with van der Waals surface area (Å²) in [6.07, 6.45) is 2.53. The van der Waals surface area contributed by atoms with Gasteiger partial charge in [0.05, 0.1) is 14.2 Å². The molecule has 0 atom stereocenters. The number of methoxy groups -OCH3 is 2. The van der Waals surface area contributed by atoms with E-state index in [1.54, 1.807) is 14.2 Å². The lowest BCUT2D eigenvalue weighted by Crippen LogP contribution is -2.25. The Bertz CT molecular complexity index is 855. The first kappa shape index (κ1) is 15.9. The quantitative estimate of drug-likeness (QED) is 0.732. The lowest BCUT2D eigenvalue weighted by atomic mass is 10.1. The summed E-state index contributed by atoms with van der Waals surface area (Å²) in [7, 11) is 3.26. The maximum atomic E-state index is 12.3. The summed E-state index contributed by atoms with van der Waals surface area (Å²) in [6, 6.07) is 13.3. The number of carbonyl (C=O) groups excluding carboxylic acids is 1. The van der Waals surface area contributed by atoms with Crippen LogP contribution < -0.4 is 14.8 Å². The van der Waals surface area contributed by atoms with Crippen LogP contribution in [-0.4, -0.2) is 31.7 Å². The van der Waals surface area contributed by atoms with E-state index in [0.29, 0.717) is 18.5 Å². The summed E-state index contributed by atoms with van der Waals surface area (Å²) < 4.78 is 10.6. The summed E-state index contributed by atoms with van der Waals surface area (Å²) in [5.41, 5.74) is 2.59. The molecule has 1 amide bonds. The molecule has 5 heteroatoms. The van der Waals surface area contributed by atoms with Crippen LogP contribution in [0.1, 0.15) is 15.9 Å². The Morgan fingerprint density at radius 1 is 1.08 bits per heavy atom.